The molecule has 2 aromatic rings. The van der Waals surface area contributed by atoms with Gasteiger partial charge in [0.1, 0.15) is 5.82 Å². The SMILES string of the molecule is CCOC(=O)c1csc(NCCc2nccn2C)n1. The number of aromatic nitrogens is 3. The molecule has 2 heterocycles. The number of nitrogens with zero attached hydrogens (tertiary/aromatic N) is 3. The molecule has 0 aliphatic heterocycles. The molecule has 0 aliphatic carbocycles. The highest BCUT2D eigenvalue weighted by Crippen LogP contribution is 2.16. The first-order chi connectivity index (χ1) is 9.20. The van der Waals surface area contributed by atoms with Gasteiger partial charge in [0, 0.05) is 37.8 Å². The molecule has 0 amide bonds. The number of ether oxygens (including phenoxy) is 1. The lowest BCUT2D eigenvalue weighted by atomic mass is 10.4. The third kappa shape index (κ3) is 3.54. The summed E-state index contributed by atoms with van der Waals surface area (Å²) >= 11 is 1.39. The molecule has 7 heteroatoms. The van der Waals surface area contributed by atoms with Crippen LogP contribution >= 0.6 is 11.3 Å². The van der Waals surface area contributed by atoms with Crippen LogP contribution in [0.4, 0.5) is 5.13 Å². The average Bonchev–Trinajstić information content (AvgIpc) is 3.00. The number of carbonyl (C=O) groups is 1. The maximum Gasteiger partial charge on any atom is 0.357 e. The smallest absolute Gasteiger partial charge is 0.357 e. The summed E-state index contributed by atoms with van der Waals surface area (Å²) in [6.07, 6.45) is 4.49. The lowest BCUT2D eigenvalue weighted by Gasteiger charge is -2.02. The van der Waals surface area contributed by atoms with Gasteiger partial charge in [-0.05, 0) is 6.92 Å². The van der Waals surface area contributed by atoms with Crippen LogP contribution in [-0.4, -0.2) is 33.7 Å². The van der Waals surface area contributed by atoms with Gasteiger partial charge in [-0.3, -0.25) is 0 Å². The number of esters is 1. The van der Waals surface area contributed by atoms with Crippen molar-refractivity contribution in [1.29, 1.82) is 0 Å². The van der Waals surface area contributed by atoms with Gasteiger partial charge in [0.25, 0.3) is 0 Å². The number of imidazole rings is 1. The first-order valence-electron chi connectivity index (χ1n) is 6.03. The van der Waals surface area contributed by atoms with Crippen LogP contribution < -0.4 is 5.32 Å². The van der Waals surface area contributed by atoms with E-state index in [4.69, 9.17) is 4.74 Å². The zero-order valence-electron chi connectivity index (χ0n) is 10.9. The van der Waals surface area contributed by atoms with Crippen LogP contribution in [0.1, 0.15) is 23.2 Å². The molecule has 102 valence electrons. The molecular formula is C12H16N4O2S. The maximum atomic E-state index is 11.4. The van der Waals surface area contributed by atoms with Crippen LogP contribution in [0, 0.1) is 0 Å². The van der Waals surface area contributed by atoms with Crippen molar-refractivity contribution in [2.45, 2.75) is 13.3 Å². The van der Waals surface area contributed by atoms with Crippen LogP contribution in [0.2, 0.25) is 0 Å². The van der Waals surface area contributed by atoms with E-state index in [0.717, 1.165) is 23.9 Å². The minimum atomic E-state index is -0.379. The Kier molecular flexibility index (Phi) is 4.51. The minimum Gasteiger partial charge on any atom is -0.461 e. The van der Waals surface area contributed by atoms with Crippen molar-refractivity contribution < 1.29 is 9.53 Å². The molecule has 2 aromatic heterocycles. The van der Waals surface area contributed by atoms with Gasteiger partial charge in [0.2, 0.25) is 0 Å². The van der Waals surface area contributed by atoms with Crippen LogP contribution in [0.5, 0.6) is 0 Å². The molecule has 19 heavy (non-hydrogen) atoms. The van der Waals surface area contributed by atoms with Crippen molar-refractivity contribution in [3.63, 3.8) is 0 Å². The molecule has 1 N–H and O–H groups in total. The summed E-state index contributed by atoms with van der Waals surface area (Å²) in [6, 6.07) is 0. The third-order valence-corrected chi connectivity index (χ3v) is 3.33. The lowest BCUT2D eigenvalue weighted by molar-refractivity contribution is 0.0520. The molecule has 0 aliphatic rings. The highest BCUT2D eigenvalue weighted by molar-refractivity contribution is 7.13. The first-order valence-corrected chi connectivity index (χ1v) is 6.91. The number of thiazole rings is 1. The van der Waals surface area contributed by atoms with Gasteiger partial charge >= 0.3 is 5.97 Å². The van der Waals surface area contributed by atoms with Crippen molar-refractivity contribution in [3.05, 3.63) is 29.3 Å². The van der Waals surface area contributed by atoms with E-state index >= 15 is 0 Å². The fourth-order valence-electron chi connectivity index (χ4n) is 1.57. The molecular weight excluding hydrogens is 264 g/mol. The molecule has 0 saturated carbocycles. The Balaban J connectivity index is 1.84. The second-order valence-electron chi connectivity index (χ2n) is 3.89. The summed E-state index contributed by atoms with van der Waals surface area (Å²) in [5, 5.41) is 5.59. The highest BCUT2D eigenvalue weighted by atomic mass is 32.1. The molecule has 0 fully saturated rings. The number of hydrogen-bond donors (Lipinski definition) is 1. The summed E-state index contributed by atoms with van der Waals surface area (Å²) in [4.78, 5) is 19.9. The average molecular weight is 280 g/mol. The molecule has 2 rings (SSSR count). The summed E-state index contributed by atoms with van der Waals surface area (Å²) in [6.45, 7) is 2.86. The van der Waals surface area contributed by atoms with Crippen LogP contribution in [-0.2, 0) is 18.2 Å². The number of rotatable bonds is 6. The summed E-state index contributed by atoms with van der Waals surface area (Å²) < 4.78 is 6.86. The molecule has 0 aromatic carbocycles. The third-order valence-electron chi connectivity index (χ3n) is 2.53. The van der Waals surface area contributed by atoms with Gasteiger partial charge in [-0.25, -0.2) is 14.8 Å². The van der Waals surface area contributed by atoms with E-state index in [9.17, 15) is 4.79 Å². The number of anilines is 1. The summed E-state index contributed by atoms with van der Waals surface area (Å²) in [5.41, 5.74) is 0.353. The van der Waals surface area contributed by atoms with Gasteiger partial charge in [-0.2, -0.15) is 0 Å². The fraction of sp³-hybridized carbons (Fsp3) is 0.417. The normalized spacial score (nSPS) is 10.4. The van der Waals surface area contributed by atoms with Gasteiger partial charge < -0.3 is 14.6 Å². The molecule has 6 nitrogen and oxygen atoms in total. The second kappa shape index (κ2) is 6.33. The molecule has 0 radical (unpaired) electrons. The Morgan fingerprint density at radius 3 is 3.11 bits per heavy atom. The Morgan fingerprint density at radius 1 is 1.58 bits per heavy atom. The van der Waals surface area contributed by atoms with E-state index < -0.39 is 0 Å². The molecule has 0 spiro atoms. The summed E-state index contributed by atoms with van der Waals surface area (Å²) in [7, 11) is 1.96. The molecule has 0 atom stereocenters. The van der Waals surface area contributed by atoms with Crippen LogP contribution in [0.25, 0.3) is 0 Å². The summed E-state index contributed by atoms with van der Waals surface area (Å²) in [5.74, 6) is 0.630. The topological polar surface area (TPSA) is 69.0 Å². The van der Waals surface area contributed by atoms with Crippen molar-refractivity contribution in [1.82, 2.24) is 14.5 Å². The minimum absolute atomic E-state index is 0.353. The number of nitrogens with one attached hydrogen (secondary N) is 1. The first kappa shape index (κ1) is 13.5. The van der Waals surface area contributed by atoms with E-state index in [1.54, 1.807) is 18.5 Å². The predicted octanol–water partition coefficient (Wildman–Crippen LogP) is 1.71. The lowest BCUT2D eigenvalue weighted by Crippen LogP contribution is -2.09. The largest absolute Gasteiger partial charge is 0.461 e. The molecule has 0 bridgehead atoms. The predicted molar refractivity (Wildman–Crippen MR) is 73.5 cm³/mol. The van der Waals surface area contributed by atoms with E-state index in [1.807, 2.05) is 17.8 Å². The Labute approximate surface area is 115 Å². The zero-order valence-corrected chi connectivity index (χ0v) is 11.7. The van der Waals surface area contributed by atoms with Gasteiger partial charge in [0.15, 0.2) is 10.8 Å². The van der Waals surface area contributed by atoms with E-state index in [2.05, 4.69) is 15.3 Å². The Hall–Kier alpha value is -1.89. The Morgan fingerprint density at radius 2 is 2.42 bits per heavy atom. The maximum absolute atomic E-state index is 11.4. The monoisotopic (exact) mass is 280 g/mol. The van der Waals surface area contributed by atoms with Crippen molar-refractivity contribution in [2.24, 2.45) is 7.05 Å². The van der Waals surface area contributed by atoms with Crippen molar-refractivity contribution >= 4 is 22.4 Å². The van der Waals surface area contributed by atoms with Crippen LogP contribution in [0.15, 0.2) is 17.8 Å². The number of carbonyl (C=O) groups excluding carboxylic acids is 1. The second-order valence-corrected chi connectivity index (χ2v) is 4.75. The quantitative estimate of drug-likeness (QED) is 0.816. The molecule has 0 unspecified atom stereocenters. The zero-order chi connectivity index (χ0) is 13.7. The Bertz CT molecular complexity index is 549. The van der Waals surface area contributed by atoms with E-state index in [0.29, 0.717) is 12.3 Å². The van der Waals surface area contributed by atoms with Crippen molar-refractivity contribution in [3.8, 4) is 0 Å². The number of aryl methyl sites for hydroxylation is 1. The number of hydrogen-bond acceptors (Lipinski definition) is 6. The van der Waals surface area contributed by atoms with Crippen molar-refractivity contribution in [2.75, 3.05) is 18.5 Å². The van der Waals surface area contributed by atoms with Gasteiger partial charge in [-0.1, -0.05) is 0 Å². The standard InChI is InChI=1S/C12H16N4O2S/c1-3-18-11(17)9-8-19-12(15-9)14-5-4-10-13-6-7-16(10)2/h6-8H,3-5H2,1-2H3,(H,14,15). The highest BCUT2D eigenvalue weighted by Gasteiger charge is 2.11. The van der Waals surface area contributed by atoms with Gasteiger partial charge in [0.05, 0.1) is 6.61 Å². The van der Waals surface area contributed by atoms with E-state index in [1.165, 1.54) is 11.3 Å². The molecule has 0 saturated heterocycles. The van der Waals surface area contributed by atoms with Gasteiger partial charge in [-0.15, -0.1) is 11.3 Å². The fourth-order valence-corrected chi connectivity index (χ4v) is 2.28. The van der Waals surface area contributed by atoms with E-state index in [-0.39, 0.29) is 5.97 Å². The van der Waals surface area contributed by atoms with Crippen LogP contribution in [0.3, 0.4) is 0 Å².